The number of ketones is 1. The number of carbonyl (C=O) groups is 2. The average molecular weight is 425 g/mol. The largest absolute Gasteiger partial charge is 0.294 e. The number of benzene rings is 2. The van der Waals surface area contributed by atoms with E-state index in [0.717, 1.165) is 11.1 Å². The second kappa shape index (κ2) is 7.50. The molecule has 2 heterocycles. The Kier molecular flexibility index (Phi) is 5.02. The van der Waals surface area contributed by atoms with Gasteiger partial charge in [0.05, 0.1) is 10.6 Å². The maximum atomic E-state index is 12.8. The van der Waals surface area contributed by atoms with Crippen molar-refractivity contribution in [3.63, 3.8) is 0 Å². The lowest BCUT2D eigenvalue weighted by molar-refractivity contribution is -0.117. The number of fused-ring (bicyclic) bond motifs is 1. The molecule has 1 amide bonds. The zero-order chi connectivity index (χ0) is 20.7. The van der Waals surface area contributed by atoms with E-state index in [-0.39, 0.29) is 11.7 Å². The Hall–Kier alpha value is -2.90. The fraction of sp³-hybridized carbons (Fsp3) is 0.143. The van der Waals surface area contributed by atoms with E-state index in [1.165, 1.54) is 30.6 Å². The summed E-state index contributed by atoms with van der Waals surface area (Å²) in [6.45, 7) is 4.93. The van der Waals surface area contributed by atoms with Gasteiger partial charge < -0.3 is 0 Å². The van der Waals surface area contributed by atoms with Crippen molar-refractivity contribution in [1.82, 2.24) is 14.9 Å². The first kappa shape index (κ1) is 19.4. The summed E-state index contributed by atoms with van der Waals surface area (Å²) in [6, 6.07) is 14.9. The van der Waals surface area contributed by atoms with Crippen LogP contribution in [0.1, 0.15) is 25.0 Å². The zero-order valence-corrected chi connectivity index (χ0v) is 17.6. The normalized spacial score (nSPS) is 13.4. The van der Waals surface area contributed by atoms with Crippen LogP contribution in [0.5, 0.6) is 0 Å². The van der Waals surface area contributed by atoms with Crippen LogP contribution in [0.25, 0.3) is 17.1 Å². The van der Waals surface area contributed by atoms with E-state index in [0.29, 0.717) is 32.2 Å². The number of aromatic nitrogens is 3. The summed E-state index contributed by atoms with van der Waals surface area (Å²) in [5.41, 5.74) is 3.14. The highest BCUT2D eigenvalue weighted by Gasteiger charge is 2.35. The topological polar surface area (TPSA) is 68.1 Å². The minimum atomic E-state index is -0.261. The number of amides is 1. The molecule has 1 aliphatic heterocycles. The fourth-order valence-electron chi connectivity index (χ4n) is 3.13. The van der Waals surface area contributed by atoms with Crippen LogP contribution in [-0.2, 0) is 9.59 Å². The minimum Gasteiger partial charge on any atom is -0.294 e. The predicted octanol–water partition coefficient (Wildman–Crippen LogP) is 4.45. The lowest BCUT2D eigenvalue weighted by Gasteiger charge is -2.32. The summed E-state index contributed by atoms with van der Waals surface area (Å²) >= 11 is 7.24. The SMILES string of the molecule is CC(=O)C1=C(c2ccc(Cl)cc2)N(C(C)=O)n2c(nnc2-c2ccc(C)cc2)S1. The van der Waals surface area contributed by atoms with Crippen molar-refractivity contribution < 1.29 is 9.59 Å². The van der Waals surface area contributed by atoms with Gasteiger partial charge in [-0.2, -0.15) is 4.68 Å². The maximum Gasteiger partial charge on any atom is 0.243 e. The third kappa shape index (κ3) is 3.47. The van der Waals surface area contributed by atoms with E-state index < -0.39 is 0 Å². The van der Waals surface area contributed by atoms with Gasteiger partial charge in [0.2, 0.25) is 11.1 Å². The average Bonchev–Trinajstić information content (AvgIpc) is 3.11. The molecule has 8 heteroatoms. The molecule has 4 rings (SSSR count). The number of hydrogen-bond donors (Lipinski definition) is 0. The summed E-state index contributed by atoms with van der Waals surface area (Å²) in [6.07, 6.45) is 0. The van der Waals surface area contributed by atoms with Crippen molar-refractivity contribution in [3.05, 3.63) is 69.6 Å². The van der Waals surface area contributed by atoms with E-state index in [2.05, 4.69) is 10.2 Å². The number of carbonyl (C=O) groups excluding carboxylic acids is 2. The number of thioether (sulfide) groups is 1. The molecule has 0 unspecified atom stereocenters. The molecule has 0 radical (unpaired) electrons. The number of allylic oxidation sites excluding steroid dienone is 1. The highest BCUT2D eigenvalue weighted by atomic mass is 35.5. The van der Waals surface area contributed by atoms with E-state index in [1.54, 1.807) is 28.9 Å². The van der Waals surface area contributed by atoms with Gasteiger partial charge in [0, 0.05) is 23.1 Å². The Morgan fingerprint density at radius 3 is 2.14 bits per heavy atom. The van der Waals surface area contributed by atoms with Gasteiger partial charge in [-0.3, -0.25) is 9.59 Å². The first-order chi connectivity index (χ1) is 13.9. The van der Waals surface area contributed by atoms with Gasteiger partial charge in [-0.1, -0.05) is 53.6 Å². The van der Waals surface area contributed by atoms with E-state index >= 15 is 0 Å². The molecule has 0 saturated heterocycles. The molecule has 2 aromatic carbocycles. The van der Waals surface area contributed by atoms with Gasteiger partial charge in [0.25, 0.3) is 0 Å². The first-order valence-corrected chi connectivity index (χ1v) is 10.1. The molecule has 1 aromatic heterocycles. The van der Waals surface area contributed by atoms with Crippen LogP contribution in [0, 0.1) is 6.92 Å². The van der Waals surface area contributed by atoms with Crippen LogP contribution in [0.3, 0.4) is 0 Å². The van der Waals surface area contributed by atoms with Crippen molar-refractivity contribution in [2.45, 2.75) is 25.9 Å². The maximum absolute atomic E-state index is 12.8. The van der Waals surface area contributed by atoms with Crippen LogP contribution in [0.15, 0.2) is 58.6 Å². The molecule has 0 bridgehead atoms. The van der Waals surface area contributed by atoms with E-state index in [9.17, 15) is 9.59 Å². The van der Waals surface area contributed by atoms with Crippen molar-refractivity contribution in [2.24, 2.45) is 0 Å². The summed E-state index contributed by atoms with van der Waals surface area (Å²) in [7, 11) is 0. The summed E-state index contributed by atoms with van der Waals surface area (Å²) in [5, 5.41) is 11.0. The molecule has 0 atom stereocenters. The molecule has 0 aliphatic carbocycles. The Morgan fingerprint density at radius 2 is 1.55 bits per heavy atom. The van der Waals surface area contributed by atoms with Gasteiger partial charge >= 0.3 is 0 Å². The zero-order valence-electron chi connectivity index (χ0n) is 16.0. The molecule has 3 aromatic rings. The second-order valence-corrected chi connectivity index (χ2v) is 8.07. The van der Waals surface area contributed by atoms with E-state index in [1.807, 2.05) is 31.2 Å². The van der Waals surface area contributed by atoms with Gasteiger partial charge in [-0.15, -0.1) is 10.2 Å². The quantitative estimate of drug-likeness (QED) is 0.621. The Balaban J connectivity index is 1.95. The van der Waals surface area contributed by atoms with Crippen molar-refractivity contribution >= 4 is 40.8 Å². The number of aryl methyl sites for hydroxylation is 1. The van der Waals surface area contributed by atoms with Crippen LogP contribution < -0.4 is 5.01 Å². The third-order valence-electron chi connectivity index (χ3n) is 4.48. The number of hydrogen-bond acceptors (Lipinski definition) is 5. The van der Waals surface area contributed by atoms with Crippen molar-refractivity contribution in [1.29, 1.82) is 0 Å². The van der Waals surface area contributed by atoms with Gasteiger partial charge in [0.1, 0.15) is 0 Å². The molecule has 0 saturated carbocycles. The molecule has 0 N–H and O–H groups in total. The lowest BCUT2D eigenvalue weighted by Crippen LogP contribution is -2.41. The monoisotopic (exact) mass is 424 g/mol. The molecule has 1 aliphatic rings. The van der Waals surface area contributed by atoms with Gasteiger partial charge in [0.15, 0.2) is 11.6 Å². The lowest BCUT2D eigenvalue weighted by atomic mass is 10.1. The van der Waals surface area contributed by atoms with Gasteiger partial charge in [-0.05, 0) is 37.7 Å². The Labute approximate surface area is 177 Å². The molecule has 29 heavy (non-hydrogen) atoms. The number of nitrogens with zero attached hydrogens (tertiary/aromatic N) is 4. The number of Topliss-reactive ketones (excluding diaryl/α,β-unsaturated/α-hetero) is 1. The summed E-state index contributed by atoms with van der Waals surface area (Å²) in [4.78, 5) is 25.7. The van der Waals surface area contributed by atoms with E-state index in [4.69, 9.17) is 11.6 Å². The summed E-state index contributed by atoms with van der Waals surface area (Å²) < 4.78 is 1.66. The fourth-order valence-corrected chi connectivity index (χ4v) is 4.22. The van der Waals surface area contributed by atoms with Crippen LogP contribution in [-0.4, -0.2) is 26.6 Å². The molecule has 146 valence electrons. The smallest absolute Gasteiger partial charge is 0.243 e. The Morgan fingerprint density at radius 1 is 0.931 bits per heavy atom. The van der Waals surface area contributed by atoms with Gasteiger partial charge in [-0.25, -0.2) is 5.01 Å². The molecule has 0 spiro atoms. The number of halogens is 1. The predicted molar refractivity (Wildman–Crippen MR) is 114 cm³/mol. The summed E-state index contributed by atoms with van der Waals surface area (Å²) in [5.74, 6) is 0.109. The highest BCUT2D eigenvalue weighted by molar-refractivity contribution is 8.04. The molecular formula is C21H17ClN4O2S. The molecule has 0 fully saturated rings. The molecular weight excluding hydrogens is 408 g/mol. The standard InChI is InChI=1S/C21H17ClN4O2S/c1-12-4-6-16(7-5-12)20-23-24-21-26(20)25(14(3)28)18(19(29-21)13(2)27)15-8-10-17(22)11-9-15/h4-11H,1-3H3. The second-order valence-electron chi connectivity index (χ2n) is 6.66. The minimum absolute atomic E-state index is 0.155. The first-order valence-electron chi connectivity index (χ1n) is 8.89. The van der Waals surface area contributed by atoms with Crippen molar-refractivity contribution in [2.75, 3.05) is 5.01 Å². The highest BCUT2D eigenvalue weighted by Crippen LogP contribution is 2.41. The van der Waals surface area contributed by atoms with Crippen LogP contribution >= 0.6 is 23.4 Å². The Bertz CT molecular complexity index is 1150. The molecule has 6 nitrogen and oxygen atoms in total. The van der Waals surface area contributed by atoms with Crippen LogP contribution in [0.2, 0.25) is 5.02 Å². The van der Waals surface area contributed by atoms with Crippen molar-refractivity contribution in [3.8, 4) is 11.4 Å². The third-order valence-corrected chi connectivity index (χ3v) is 5.85. The van der Waals surface area contributed by atoms with Crippen LogP contribution in [0.4, 0.5) is 0 Å². The number of rotatable bonds is 3.